The molecular weight excluding hydrogens is 203 g/mol. The summed E-state index contributed by atoms with van der Waals surface area (Å²) in [5, 5.41) is 0. The molecule has 0 aromatic carbocycles. The fourth-order valence-electron chi connectivity index (χ4n) is 1.32. The monoisotopic (exact) mass is 220 g/mol. The third-order valence-electron chi connectivity index (χ3n) is 2.24. The van der Waals surface area contributed by atoms with Crippen molar-refractivity contribution < 1.29 is 18.8 Å². The Hall–Kier alpha value is -0.180. The molecule has 0 spiro atoms. The smallest absolute Gasteiger partial charge is 0.324 e. The molecule has 0 heterocycles. The lowest BCUT2D eigenvalue weighted by molar-refractivity contribution is -0.117. The van der Waals surface area contributed by atoms with Crippen molar-refractivity contribution in [2.45, 2.75) is 32.6 Å². The Kier molecular flexibility index (Phi) is 4.30. The second-order valence-electron chi connectivity index (χ2n) is 3.73. The number of hydrogen-bond acceptors (Lipinski definition) is 3. The zero-order valence-corrected chi connectivity index (χ0v) is 9.33. The zero-order chi connectivity index (χ0) is 10.6. The second-order valence-corrected chi connectivity index (χ2v) is 5.58. The van der Waals surface area contributed by atoms with Crippen molar-refractivity contribution in [3.05, 3.63) is 0 Å². The van der Waals surface area contributed by atoms with Gasteiger partial charge in [-0.15, -0.1) is 0 Å². The highest BCUT2D eigenvalue weighted by Gasteiger charge is 2.26. The first-order valence-corrected chi connectivity index (χ1v) is 6.78. The van der Waals surface area contributed by atoms with Gasteiger partial charge in [0.15, 0.2) is 0 Å². The summed E-state index contributed by atoms with van der Waals surface area (Å²) >= 11 is 0. The van der Waals surface area contributed by atoms with E-state index in [1.54, 1.807) is 6.92 Å². The standard InChI is InChI=1S/C9H17O4P/c1-2-13-14(11,12)7-9(10)6-5-8-3-4-8/h8H,2-7H2,1H3,(H,11,12). The maximum absolute atomic E-state index is 11.3. The number of hydrogen-bond donors (Lipinski definition) is 1. The molecular formula is C9H17O4P. The van der Waals surface area contributed by atoms with Gasteiger partial charge in [-0.25, -0.2) is 0 Å². The van der Waals surface area contributed by atoms with Crippen molar-refractivity contribution in [1.29, 1.82) is 0 Å². The molecule has 82 valence electrons. The van der Waals surface area contributed by atoms with Crippen LogP contribution in [0.2, 0.25) is 0 Å². The molecule has 14 heavy (non-hydrogen) atoms. The molecule has 1 N–H and O–H groups in total. The lowest BCUT2D eigenvalue weighted by Crippen LogP contribution is -2.07. The summed E-state index contributed by atoms with van der Waals surface area (Å²) in [4.78, 5) is 20.4. The van der Waals surface area contributed by atoms with Gasteiger partial charge >= 0.3 is 7.60 Å². The highest BCUT2D eigenvalue weighted by atomic mass is 31.2. The summed E-state index contributed by atoms with van der Waals surface area (Å²) in [6.07, 6.45) is 3.37. The summed E-state index contributed by atoms with van der Waals surface area (Å²) in [5.41, 5.74) is 0. The van der Waals surface area contributed by atoms with Crippen LogP contribution in [0.15, 0.2) is 0 Å². The topological polar surface area (TPSA) is 63.6 Å². The lowest BCUT2D eigenvalue weighted by atomic mass is 10.2. The zero-order valence-electron chi connectivity index (χ0n) is 8.44. The minimum atomic E-state index is -3.64. The Morgan fingerprint density at radius 3 is 2.71 bits per heavy atom. The minimum absolute atomic E-state index is 0.156. The van der Waals surface area contributed by atoms with Gasteiger partial charge in [-0.2, -0.15) is 0 Å². The molecule has 1 aliphatic rings. The predicted molar refractivity (Wildman–Crippen MR) is 53.3 cm³/mol. The summed E-state index contributed by atoms with van der Waals surface area (Å²) in [6.45, 7) is 1.81. The van der Waals surface area contributed by atoms with Crippen molar-refractivity contribution in [2.75, 3.05) is 12.8 Å². The van der Waals surface area contributed by atoms with E-state index >= 15 is 0 Å². The van der Waals surface area contributed by atoms with Crippen LogP contribution in [0, 0.1) is 5.92 Å². The number of rotatable bonds is 7. The van der Waals surface area contributed by atoms with E-state index in [-0.39, 0.29) is 18.6 Å². The highest BCUT2D eigenvalue weighted by molar-refractivity contribution is 7.53. The molecule has 0 aromatic heterocycles. The Balaban J connectivity index is 2.20. The summed E-state index contributed by atoms with van der Waals surface area (Å²) in [7, 11) is -3.64. The molecule has 1 saturated carbocycles. The predicted octanol–water partition coefficient (Wildman–Crippen LogP) is 1.97. The van der Waals surface area contributed by atoms with Gasteiger partial charge in [-0.05, 0) is 19.3 Å². The Morgan fingerprint density at radius 2 is 2.21 bits per heavy atom. The van der Waals surface area contributed by atoms with Crippen LogP contribution in [0.3, 0.4) is 0 Å². The number of Topliss-reactive ketones (excluding diaryl/α,β-unsaturated/α-hetero) is 1. The molecule has 0 aliphatic heterocycles. The maximum Gasteiger partial charge on any atom is 0.335 e. The summed E-state index contributed by atoms with van der Waals surface area (Å²) < 4.78 is 15.8. The van der Waals surface area contributed by atoms with E-state index in [9.17, 15) is 14.3 Å². The summed E-state index contributed by atoms with van der Waals surface area (Å²) in [5.74, 6) is 0.528. The number of carbonyl (C=O) groups excluding carboxylic acids is 1. The molecule has 0 aromatic rings. The fraction of sp³-hybridized carbons (Fsp3) is 0.889. The van der Waals surface area contributed by atoms with Gasteiger partial charge in [0.2, 0.25) is 0 Å². The lowest BCUT2D eigenvalue weighted by Gasteiger charge is -2.09. The third-order valence-corrected chi connectivity index (χ3v) is 3.65. The van der Waals surface area contributed by atoms with Crippen LogP contribution >= 0.6 is 7.60 Å². The SMILES string of the molecule is CCOP(=O)(O)CC(=O)CCC1CC1. The molecule has 1 rings (SSSR count). The first kappa shape index (κ1) is 11.9. The third kappa shape index (κ3) is 4.89. The molecule has 0 saturated heterocycles. The number of ketones is 1. The fourth-order valence-corrected chi connectivity index (χ4v) is 2.42. The van der Waals surface area contributed by atoms with Crippen LogP contribution in [0.4, 0.5) is 0 Å². The van der Waals surface area contributed by atoms with E-state index in [1.807, 2.05) is 0 Å². The van der Waals surface area contributed by atoms with Crippen molar-refractivity contribution in [3.63, 3.8) is 0 Å². The quantitative estimate of drug-likeness (QED) is 0.666. The van der Waals surface area contributed by atoms with Crippen LogP contribution in [-0.2, 0) is 13.9 Å². The van der Waals surface area contributed by atoms with E-state index in [1.165, 1.54) is 12.8 Å². The van der Waals surface area contributed by atoms with Gasteiger partial charge in [-0.3, -0.25) is 9.36 Å². The van der Waals surface area contributed by atoms with Crippen LogP contribution < -0.4 is 0 Å². The van der Waals surface area contributed by atoms with Gasteiger partial charge in [-0.1, -0.05) is 12.8 Å². The van der Waals surface area contributed by atoms with E-state index in [2.05, 4.69) is 4.52 Å². The molecule has 4 nitrogen and oxygen atoms in total. The first-order valence-electron chi connectivity index (χ1n) is 5.01. The van der Waals surface area contributed by atoms with Crippen molar-refractivity contribution >= 4 is 13.4 Å². The van der Waals surface area contributed by atoms with E-state index in [0.29, 0.717) is 12.3 Å². The molecule has 1 unspecified atom stereocenters. The Morgan fingerprint density at radius 1 is 1.57 bits per heavy atom. The van der Waals surface area contributed by atoms with Gasteiger partial charge in [0.1, 0.15) is 11.9 Å². The van der Waals surface area contributed by atoms with Crippen molar-refractivity contribution in [2.24, 2.45) is 5.92 Å². The van der Waals surface area contributed by atoms with Gasteiger partial charge in [0.25, 0.3) is 0 Å². The average molecular weight is 220 g/mol. The highest BCUT2D eigenvalue weighted by Crippen LogP contribution is 2.42. The molecule has 0 bridgehead atoms. The Labute approximate surface area is 84.2 Å². The van der Waals surface area contributed by atoms with E-state index < -0.39 is 7.60 Å². The largest absolute Gasteiger partial charge is 0.335 e. The van der Waals surface area contributed by atoms with Gasteiger partial charge in [0, 0.05) is 6.42 Å². The van der Waals surface area contributed by atoms with E-state index in [0.717, 1.165) is 6.42 Å². The van der Waals surface area contributed by atoms with E-state index in [4.69, 9.17) is 0 Å². The molecule has 0 amide bonds. The van der Waals surface area contributed by atoms with Crippen LogP contribution in [0.1, 0.15) is 32.6 Å². The molecule has 1 fully saturated rings. The Bertz CT molecular complexity index is 247. The van der Waals surface area contributed by atoms with Gasteiger partial charge in [0.05, 0.1) is 6.61 Å². The maximum atomic E-state index is 11.3. The second kappa shape index (κ2) is 5.06. The molecule has 0 radical (unpaired) electrons. The van der Waals surface area contributed by atoms with Crippen LogP contribution in [0.25, 0.3) is 0 Å². The van der Waals surface area contributed by atoms with Crippen molar-refractivity contribution in [3.8, 4) is 0 Å². The minimum Gasteiger partial charge on any atom is -0.324 e. The molecule has 1 aliphatic carbocycles. The first-order chi connectivity index (χ1) is 6.53. The average Bonchev–Trinajstić information content (AvgIpc) is 2.82. The van der Waals surface area contributed by atoms with Gasteiger partial charge < -0.3 is 9.42 Å². The normalized spacial score (nSPS) is 20.4. The molecule has 1 atom stereocenters. The summed E-state index contributed by atoms with van der Waals surface area (Å²) in [6, 6.07) is 0. The van der Waals surface area contributed by atoms with Crippen molar-refractivity contribution in [1.82, 2.24) is 0 Å². The molecule has 5 heteroatoms. The van der Waals surface area contributed by atoms with Crippen LogP contribution in [0.5, 0.6) is 0 Å². The van der Waals surface area contributed by atoms with Crippen LogP contribution in [-0.4, -0.2) is 23.4 Å². The number of carbonyl (C=O) groups is 1.